The van der Waals surface area contributed by atoms with Gasteiger partial charge in [0.05, 0.1) is 0 Å². The van der Waals surface area contributed by atoms with Crippen molar-refractivity contribution >= 4 is 5.91 Å². The number of aromatic nitrogens is 2. The molecule has 160 valence electrons. The largest absolute Gasteiger partial charge is 0.454 e. The van der Waals surface area contributed by atoms with Gasteiger partial charge < -0.3 is 18.8 Å². The summed E-state index contributed by atoms with van der Waals surface area (Å²) in [6.45, 7) is 3.62. The lowest BCUT2D eigenvalue weighted by Crippen LogP contribution is -2.49. The lowest BCUT2D eigenvalue weighted by atomic mass is 10.1. The highest BCUT2D eigenvalue weighted by atomic mass is 16.7. The van der Waals surface area contributed by atoms with E-state index in [1.54, 1.807) is 17.0 Å². The maximum absolute atomic E-state index is 12.7. The highest BCUT2D eigenvalue weighted by molar-refractivity contribution is 5.76. The summed E-state index contributed by atoms with van der Waals surface area (Å²) >= 11 is 0. The molecule has 9 nitrogen and oxygen atoms in total. The minimum absolute atomic E-state index is 0.128. The molecular formula is C22H22N4O5. The van der Waals surface area contributed by atoms with E-state index in [9.17, 15) is 9.59 Å². The Kier molecular flexibility index (Phi) is 5.17. The number of ether oxygens (including phenoxy) is 2. The molecule has 0 N–H and O–H groups in total. The summed E-state index contributed by atoms with van der Waals surface area (Å²) in [5, 5.41) is 4.17. The van der Waals surface area contributed by atoms with Crippen LogP contribution < -0.4 is 15.2 Å². The van der Waals surface area contributed by atoms with E-state index < -0.39 is 5.76 Å². The van der Waals surface area contributed by atoms with Crippen LogP contribution >= 0.6 is 0 Å². The van der Waals surface area contributed by atoms with E-state index in [1.165, 1.54) is 0 Å². The van der Waals surface area contributed by atoms with Crippen LogP contribution in [-0.4, -0.2) is 58.5 Å². The lowest BCUT2D eigenvalue weighted by molar-refractivity contribution is -0.134. The second-order valence-corrected chi connectivity index (χ2v) is 7.54. The van der Waals surface area contributed by atoms with Crippen LogP contribution in [0.3, 0.4) is 0 Å². The molecule has 0 aliphatic carbocycles. The van der Waals surface area contributed by atoms with Crippen molar-refractivity contribution in [3.63, 3.8) is 0 Å². The molecule has 1 amide bonds. The number of rotatable bonds is 5. The molecule has 3 aromatic rings. The second-order valence-electron chi connectivity index (χ2n) is 7.54. The number of benzene rings is 2. The van der Waals surface area contributed by atoms with Gasteiger partial charge in [-0.05, 0) is 29.8 Å². The number of hydrogen-bond donors (Lipinski definition) is 0. The van der Waals surface area contributed by atoms with Gasteiger partial charge in [-0.1, -0.05) is 24.3 Å². The Labute approximate surface area is 178 Å². The van der Waals surface area contributed by atoms with Crippen LogP contribution in [0.2, 0.25) is 0 Å². The molecule has 2 aromatic carbocycles. The predicted molar refractivity (Wildman–Crippen MR) is 111 cm³/mol. The van der Waals surface area contributed by atoms with E-state index in [0.717, 1.165) is 41.4 Å². The second kappa shape index (κ2) is 8.27. The fourth-order valence-electron chi connectivity index (χ4n) is 3.78. The summed E-state index contributed by atoms with van der Waals surface area (Å²) in [5.41, 5.74) is 1.84. The maximum Gasteiger partial charge on any atom is 0.437 e. The van der Waals surface area contributed by atoms with Gasteiger partial charge in [0.1, 0.15) is 6.54 Å². The van der Waals surface area contributed by atoms with E-state index in [1.807, 2.05) is 36.4 Å². The summed E-state index contributed by atoms with van der Waals surface area (Å²) in [6.07, 6.45) is 0. The van der Waals surface area contributed by atoms with E-state index in [4.69, 9.17) is 13.9 Å². The van der Waals surface area contributed by atoms with Gasteiger partial charge in [0, 0.05) is 38.3 Å². The fraction of sp³-hybridized carbons (Fsp3) is 0.318. The minimum atomic E-state index is -0.631. The van der Waals surface area contributed by atoms with E-state index >= 15 is 0 Å². The van der Waals surface area contributed by atoms with Gasteiger partial charge in [-0.2, -0.15) is 4.68 Å². The Morgan fingerprint density at radius 1 is 0.968 bits per heavy atom. The van der Waals surface area contributed by atoms with Crippen LogP contribution in [0, 0.1) is 0 Å². The smallest absolute Gasteiger partial charge is 0.437 e. The first-order valence-corrected chi connectivity index (χ1v) is 10.2. The Hall–Kier alpha value is -3.59. The Balaban J connectivity index is 1.16. The number of amides is 1. The summed E-state index contributed by atoms with van der Waals surface area (Å²) in [5.74, 6) is 0.996. The number of piperazine rings is 1. The van der Waals surface area contributed by atoms with Crippen molar-refractivity contribution in [2.45, 2.75) is 13.1 Å². The molecule has 1 saturated heterocycles. The number of hydrogen-bond acceptors (Lipinski definition) is 7. The molecule has 0 spiro atoms. The monoisotopic (exact) mass is 422 g/mol. The third-order valence-electron chi connectivity index (χ3n) is 5.48. The third-order valence-corrected chi connectivity index (χ3v) is 5.48. The predicted octanol–water partition coefficient (Wildman–Crippen LogP) is 1.58. The first-order chi connectivity index (χ1) is 15.2. The molecule has 31 heavy (non-hydrogen) atoms. The normalized spacial score (nSPS) is 15.9. The van der Waals surface area contributed by atoms with Crippen LogP contribution in [0.15, 0.2) is 57.7 Å². The van der Waals surface area contributed by atoms with E-state index in [-0.39, 0.29) is 25.1 Å². The van der Waals surface area contributed by atoms with Gasteiger partial charge in [-0.25, -0.2) is 4.79 Å². The summed E-state index contributed by atoms with van der Waals surface area (Å²) < 4.78 is 17.1. The summed E-state index contributed by atoms with van der Waals surface area (Å²) in [6, 6.07) is 15.1. The standard InChI is InChI=1S/C22H22N4O5/c27-20(14-26-22(28)31-21(23-26)17-4-2-1-3-5-17)25-10-8-24(9-11-25)13-16-6-7-18-19(12-16)30-15-29-18/h1-7,12H,8-11,13-15H2. The van der Waals surface area contributed by atoms with Crippen molar-refractivity contribution in [3.05, 3.63) is 64.6 Å². The van der Waals surface area contributed by atoms with Gasteiger partial charge in [0.2, 0.25) is 18.6 Å². The number of fused-ring (bicyclic) bond motifs is 1. The zero-order chi connectivity index (χ0) is 21.2. The Bertz CT molecular complexity index is 1130. The molecule has 2 aliphatic rings. The molecule has 0 atom stereocenters. The quantitative estimate of drug-likeness (QED) is 0.617. The molecule has 1 fully saturated rings. The highest BCUT2D eigenvalue weighted by Crippen LogP contribution is 2.32. The van der Waals surface area contributed by atoms with Crippen molar-refractivity contribution in [1.82, 2.24) is 19.6 Å². The molecule has 0 saturated carbocycles. The van der Waals surface area contributed by atoms with Gasteiger partial charge in [-0.3, -0.25) is 9.69 Å². The van der Waals surface area contributed by atoms with E-state index in [0.29, 0.717) is 18.7 Å². The molecule has 3 heterocycles. The average molecular weight is 422 g/mol. The number of carbonyl (C=O) groups is 1. The Morgan fingerprint density at radius 2 is 1.74 bits per heavy atom. The van der Waals surface area contributed by atoms with Crippen molar-refractivity contribution in [3.8, 4) is 23.0 Å². The Morgan fingerprint density at radius 3 is 2.55 bits per heavy atom. The lowest BCUT2D eigenvalue weighted by Gasteiger charge is -2.34. The SMILES string of the molecule is O=C(Cn1nc(-c2ccccc2)oc1=O)N1CCN(Cc2ccc3c(c2)OCO3)CC1. The van der Waals surface area contributed by atoms with Crippen molar-refractivity contribution in [2.24, 2.45) is 0 Å². The molecule has 1 aromatic heterocycles. The third kappa shape index (κ3) is 4.17. The molecule has 2 aliphatic heterocycles. The van der Waals surface area contributed by atoms with Crippen LogP contribution in [-0.2, 0) is 17.9 Å². The summed E-state index contributed by atoms with van der Waals surface area (Å²) in [4.78, 5) is 28.8. The van der Waals surface area contributed by atoms with Crippen LogP contribution in [0.5, 0.6) is 11.5 Å². The van der Waals surface area contributed by atoms with Crippen LogP contribution in [0.4, 0.5) is 0 Å². The summed E-state index contributed by atoms with van der Waals surface area (Å²) in [7, 11) is 0. The molecule has 0 bridgehead atoms. The average Bonchev–Trinajstić information content (AvgIpc) is 3.41. The zero-order valence-corrected chi connectivity index (χ0v) is 16.9. The number of carbonyl (C=O) groups excluding carboxylic acids is 1. The van der Waals surface area contributed by atoms with Crippen LogP contribution in [0.25, 0.3) is 11.5 Å². The van der Waals surface area contributed by atoms with Gasteiger partial charge in [-0.15, -0.1) is 5.10 Å². The van der Waals surface area contributed by atoms with Crippen molar-refractivity contribution in [2.75, 3.05) is 33.0 Å². The molecule has 0 unspecified atom stereocenters. The molecular weight excluding hydrogens is 400 g/mol. The molecule has 5 rings (SSSR count). The molecule has 0 radical (unpaired) electrons. The zero-order valence-electron chi connectivity index (χ0n) is 16.9. The van der Waals surface area contributed by atoms with Gasteiger partial charge in [0.15, 0.2) is 11.5 Å². The number of nitrogens with zero attached hydrogens (tertiary/aromatic N) is 4. The molecule has 9 heteroatoms. The van der Waals surface area contributed by atoms with Crippen molar-refractivity contribution < 1.29 is 18.7 Å². The van der Waals surface area contributed by atoms with Crippen molar-refractivity contribution in [1.29, 1.82) is 0 Å². The minimum Gasteiger partial charge on any atom is -0.454 e. The van der Waals surface area contributed by atoms with Gasteiger partial charge >= 0.3 is 5.76 Å². The topological polar surface area (TPSA) is 90.0 Å². The van der Waals surface area contributed by atoms with Crippen LogP contribution in [0.1, 0.15) is 5.56 Å². The first kappa shape index (κ1) is 19.4. The fourth-order valence-corrected chi connectivity index (χ4v) is 3.78. The first-order valence-electron chi connectivity index (χ1n) is 10.2. The maximum atomic E-state index is 12.7. The van der Waals surface area contributed by atoms with E-state index in [2.05, 4.69) is 10.00 Å². The highest BCUT2D eigenvalue weighted by Gasteiger charge is 2.23. The van der Waals surface area contributed by atoms with Gasteiger partial charge in [0.25, 0.3) is 0 Å².